The van der Waals surface area contributed by atoms with Gasteiger partial charge in [-0.15, -0.1) is 11.3 Å². The van der Waals surface area contributed by atoms with E-state index in [0.717, 1.165) is 44.5 Å². The molecule has 2 aliphatic rings. The molecule has 0 bridgehead atoms. The molecule has 0 radical (unpaired) electrons. The van der Waals surface area contributed by atoms with Crippen LogP contribution in [-0.2, 0) is 17.8 Å². The highest BCUT2D eigenvalue weighted by Crippen LogP contribution is 2.32. The maximum absolute atomic E-state index is 13.1. The molecule has 1 unspecified atom stereocenters. The van der Waals surface area contributed by atoms with Crippen molar-refractivity contribution < 1.29 is 9.18 Å². The first kappa shape index (κ1) is 15.8. The standard InChI is InChI=1S/C19H21FN2OS/c20-16-5-3-14(4-6-16)17-2-1-9-22(17)19(23)13-21-10-7-18-15(12-21)8-11-24-18/h3-6,8,11,17H,1-2,7,9-10,12-13H2. The molecule has 4 rings (SSSR count). The van der Waals surface area contributed by atoms with Gasteiger partial charge < -0.3 is 4.90 Å². The zero-order valence-electron chi connectivity index (χ0n) is 13.6. The molecule has 2 aliphatic heterocycles. The molecule has 1 amide bonds. The number of likely N-dealkylation sites (tertiary alicyclic amines) is 1. The van der Waals surface area contributed by atoms with Gasteiger partial charge in [-0.3, -0.25) is 9.69 Å². The topological polar surface area (TPSA) is 23.6 Å². The zero-order chi connectivity index (χ0) is 16.5. The summed E-state index contributed by atoms with van der Waals surface area (Å²) in [7, 11) is 0. The number of thiophene rings is 1. The normalized spacial score (nSPS) is 21.0. The summed E-state index contributed by atoms with van der Waals surface area (Å²) in [4.78, 5) is 18.5. The Hall–Kier alpha value is -1.72. The Morgan fingerprint density at radius 2 is 2.04 bits per heavy atom. The molecule has 1 atom stereocenters. The van der Waals surface area contributed by atoms with Crippen LogP contribution >= 0.6 is 11.3 Å². The third-order valence-corrected chi connectivity index (χ3v) is 6.10. The molecule has 1 aromatic heterocycles. The number of amides is 1. The van der Waals surface area contributed by atoms with Gasteiger partial charge in [0, 0.05) is 24.5 Å². The number of hydrogen-bond donors (Lipinski definition) is 0. The van der Waals surface area contributed by atoms with E-state index in [1.807, 2.05) is 28.4 Å². The van der Waals surface area contributed by atoms with Crippen LogP contribution in [0.3, 0.4) is 0 Å². The van der Waals surface area contributed by atoms with Gasteiger partial charge in [-0.2, -0.15) is 0 Å². The lowest BCUT2D eigenvalue weighted by molar-refractivity contribution is -0.133. The first-order chi connectivity index (χ1) is 11.7. The van der Waals surface area contributed by atoms with Gasteiger partial charge in [-0.05, 0) is 54.0 Å². The summed E-state index contributed by atoms with van der Waals surface area (Å²) in [6.07, 6.45) is 3.02. The lowest BCUT2D eigenvalue weighted by atomic mass is 10.0. The van der Waals surface area contributed by atoms with E-state index in [2.05, 4.69) is 16.3 Å². The van der Waals surface area contributed by atoms with Gasteiger partial charge in [0.15, 0.2) is 0 Å². The van der Waals surface area contributed by atoms with Gasteiger partial charge in [0.1, 0.15) is 5.82 Å². The van der Waals surface area contributed by atoms with Crippen molar-refractivity contribution in [3.8, 4) is 0 Å². The maximum atomic E-state index is 13.1. The van der Waals surface area contributed by atoms with Crippen molar-refractivity contribution in [2.75, 3.05) is 19.6 Å². The Labute approximate surface area is 145 Å². The number of rotatable bonds is 3. The summed E-state index contributed by atoms with van der Waals surface area (Å²) in [6.45, 7) is 3.11. The second-order valence-corrected chi connectivity index (χ2v) is 7.63. The van der Waals surface area contributed by atoms with Crippen molar-refractivity contribution in [1.82, 2.24) is 9.80 Å². The number of carbonyl (C=O) groups is 1. The van der Waals surface area contributed by atoms with Crippen LogP contribution in [0.1, 0.15) is 34.9 Å². The maximum Gasteiger partial charge on any atom is 0.237 e. The van der Waals surface area contributed by atoms with Crippen LogP contribution in [0.25, 0.3) is 0 Å². The molecule has 0 spiro atoms. The molecule has 1 aromatic carbocycles. The first-order valence-corrected chi connectivity index (χ1v) is 9.41. The van der Waals surface area contributed by atoms with Crippen LogP contribution in [0.5, 0.6) is 0 Å². The Bertz CT molecular complexity index is 727. The molecular formula is C19H21FN2OS. The minimum atomic E-state index is -0.227. The monoisotopic (exact) mass is 344 g/mol. The summed E-state index contributed by atoms with van der Waals surface area (Å²) in [6, 6.07) is 8.86. The molecule has 2 aromatic rings. The van der Waals surface area contributed by atoms with E-state index in [-0.39, 0.29) is 17.8 Å². The number of nitrogens with zero attached hydrogens (tertiary/aromatic N) is 2. The van der Waals surface area contributed by atoms with Crippen LogP contribution in [0.15, 0.2) is 35.7 Å². The van der Waals surface area contributed by atoms with Crippen molar-refractivity contribution in [3.05, 3.63) is 57.5 Å². The summed E-state index contributed by atoms with van der Waals surface area (Å²) in [5.74, 6) is -0.0324. The summed E-state index contributed by atoms with van der Waals surface area (Å²) >= 11 is 1.82. The number of benzene rings is 1. The summed E-state index contributed by atoms with van der Waals surface area (Å²) in [5.41, 5.74) is 2.41. The molecule has 0 saturated carbocycles. The molecule has 5 heteroatoms. The zero-order valence-corrected chi connectivity index (χ0v) is 14.4. The van der Waals surface area contributed by atoms with Crippen LogP contribution in [0, 0.1) is 5.82 Å². The third-order valence-electron chi connectivity index (χ3n) is 5.07. The van der Waals surface area contributed by atoms with Gasteiger partial charge in [0.25, 0.3) is 0 Å². The fourth-order valence-electron chi connectivity index (χ4n) is 3.82. The lowest BCUT2D eigenvalue weighted by Gasteiger charge is -2.30. The molecule has 24 heavy (non-hydrogen) atoms. The molecule has 0 aliphatic carbocycles. The van der Waals surface area contributed by atoms with Crippen LogP contribution in [0.2, 0.25) is 0 Å². The van der Waals surface area contributed by atoms with Crippen LogP contribution < -0.4 is 0 Å². The predicted molar refractivity (Wildman–Crippen MR) is 93.4 cm³/mol. The third kappa shape index (κ3) is 3.10. The molecule has 3 nitrogen and oxygen atoms in total. The van der Waals surface area contributed by atoms with Gasteiger partial charge in [-0.25, -0.2) is 4.39 Å². The van der Waals surface area contributed by atoms with Crippen molar-refractivity contribution in [3.63, 3.8) is 0 Å². The average molecular weight is 344 g/mol. The van der Waals surface area contributed by atoms with E-state index in [0.29, 0.717) is 6.54 Å². The van der Waals surface area contributed by atoms with Gasteiger partial charge in [0.05, 0.1) is 12.6 Å². The van der Waals surface area contributed by atoms with E-state index in [4.69, 9.17) is 0 Å². The van der Waals surface area contributed by atoms with Crippen LogP contribution in [0.4, 0.5) is 4.39 Å². The minimum Gasteiger partial charge on any atom is -0.335 e. The summed E-state index contributed by atoms with van der Waals surface area (Å²) in [5, 5.41) is 2.14. The quantitative estimate of drug-likeness (QED) is 0.849. The lowest BCUT2D eigenvalue weighted by Crippen LogP contribution is -2.41. The fourth-order valence-corrected chi connectivity index (χ4v) is 4.71. The molecule has 1 fully saturated rings. The highest BCUT2D eigenvalue weighted by molar-refractivity contribution is 7.10. The van der Waals surface area contributed by atoms with E-state index in [1.165, 1.54) is 22.6 Å². The Kier molecular flexibility index (Phi) is 4.37. The van der Waals surface area contributed by atoms with Crippen molar-refractivity contribution in [2.45, 2.75) is 31.8 Å². The first-order valence-electron chi connectivity index (χ1n) is 8.53. The molecule has 126 valence electrons. The highest BCUT2D eigenvalue weighted by Gasteiger charge is 2.31. The minimum absolute atomic E-state index is 0.0969. The van der Waals surface area contributed by atoms with E-state index in [1.54, 1.807) is 0 Å². The summed E-state index contributed by atoms with van der Waals surface area (Å²) < 4.78 is 13.1. The number of hydrogen-bond acceptors (Lipinski definition) is 3. The number of halogens is 1. The number of fused-ring (bicyclic) bond motifs is 1. The highest BCUT2D eigenvalue weighted by atomic mass is 32.1. The Morgan fingerprint density at radius 1 is 1.21 bits per heavy atom. The van der Waals surface area contributed by atoms with Gasteiger partial charge in [-0.1, -0.05) is 12.1 Å². The fraction of sp³-hybridized carbons (Fsp3) is 0.421. The molecular weight excluding hydrogens is 323 g/mol. The van der Waals surface area contributed by atoms with E-state index >= 15 is 0 Å². The SMILES string of the molecule is O=C(CN1CCc2sccc2C1)N1CCCC1c1ccc(F)cc1. The Balaban J connectivity index is 1.43. The van der Waals surface area contributed by atoms with E-state index < -0.39 is 0 Å². The van der Waals surface area contributed by atoms with E-state index in [9.17, 15) is 9.18 Å². The molecule has 0 N–H and O–H groups in total. The molecule has 1 saturated heterocycles. The second kappa shape index (κ2) is 6.65. The van der Waals surface area contributed by atoms with Crippen molar-refractivity contribution >= 4 is 17.2 Å². The Morgan fingerprint density at radius 3 is 2.88 bits per heavy atom. The second-order valence-electron chi connectivity index (χ2n) is 6.63. The molecule has 3 heterocycles. The predicted octanol–water partition coefficient (Wildman–Crippen LogP) is 3.61. The average Bonchev–Trinajstić information content (AvgIpc) is 3.24. The van der Waals surface area contributed by atoms with Crippen LogP contribution in [-0.4, -0.2) is 35.3 Å². The smallest absolute Gasteiger partial charge is 0.237 e. The van der Waals surface area contributed by atoms with Gasteiger partial charge in [0.2, 0.25) is 5.91 Å². The number of carbonyl (C=O) groups excluding carboxylic acids is 1. The largest absolute Gasteiger partial charge is 0.335 e. The van der Waals surface area contributed by atoms with Crippen molar-refractivity contribution in [1.29, 1.82) is 0 Å². The van der Waals surface area contributed by atoms with Gasteiger partial charge >= 0.3 is 0 Å². The van der Waals surface area contributed by atoms with Crippen molar-refractivity contribution in [2.24, 2.45) is 0 Å².